The van der Waals surface area contributed by atoms with E-state index in [4.69, 9.17) is 17.3 Å². The summed E-state index contributed by atoms with van der Waals surface area (Å²) in [5, 5.41) is 3.29. The fourth-order valence-corrected chi connectivity index (χ4v) is 3.57. The molecule has 0 radical (unpaired) electrons. The maximum Gasteiger partial charge on any atom is 0.312 e. The van der Waals surface area contributed by atoms with Crippen LogP contribution in [-0.2, 0) is 11.2 Å². The number of piperazine rings is 1. The highest BCUT2D eigenvalue weighted by Gasteiger charge is 2.28. The summed E-state index contributed by atoms with van der Waals surface area (Å²) in [5.74, 6) is -0.114. The third-order valence-electron chi connectivity index (χ3n) is 4.68. The van der Waals surface area contributed by atoms with Crippen molar-refractivity contribution in [1.29, 1.82) is 0 Å². The van der Waals surface area contributed by atoms with Gasteiger partial charge in [-0.1, -0.05) is 54.1 Å². The lowest BCUT2D eigenvalue weighted by Crippen LogP contribution is -2.56. The van der Waals surface area contributed by atoms with Gasteiger partial charge in [-0.05, 0) is 17.7 Å². The van der Waals surface area contributed by atoms with Crippen molar-refractivity contribution in [2.24, 2.45) is 5.73 Å². The predicted molar refractivity (Wildman–Crippen MR) is 107 cm³/mol. The number of carbonyl (C=O) groups excluding carboxylic acids is 2. The van der Waals surface area contributed by atoms with E-state index in [0.717, 1.165) is 11.3 Å². The van der Waals surface area contributed by atoms with Crippen LogP contribution in [0.1, 0.15) is 5.56 Å². The molecular formula is C20H23ClN4O2. The van der Waals surface area contributed by atoms with Crippen LogP contribution in [0.15, 0.2) is 54.6 Å². The van der Waals surface area contributed by atoms with Crippen LogP contribution in [0.2, 0.25) is 5.02 Å². The van der Waals surface area contributed by atoms with Gasteiger partial charge in [-0.15, -0.1) is 0 Å². The van der Waals surface area contributed by atoms with Gasteiger partial charge in [-0.25, -0.2) is 4.79 Å². The van der Waals surface area contributed by atoms with E-state index in [2.05, 4.69) is 10.2 Å². The van der Waals surface area contributed by atoms with Crippen LogP contribution in [0, 0.1) is 0 Å². The zero-order valence-electron chi connectivity index (χ0n) is 15.0. The van der Waals surface area contributed by atoms with Crippen molar-refractivity contribution in [3.8, 4) is 0 Å². The Morgan fingerprint density at radius 3 is 2.26 bits per heavy atom. The zero-order valence-corrected chi connectivity index (χ0v) is 15.7. The summed E-state index contributed by atoms with van der Waals surface area (Å²) in [7, 11) is 0. The molecule has 0 aliphatic carbocycles. The third-order valence-corrected chi connectivity index (χ3v) is 5.00. The molecule has 1 unspecified atom stereocenters. The van der Waals surface area contributed by atoms with Crippen LogP contribution in [0.4, 0.5) is 10.5 Å². The minimum absolute atomic E-state index is 0.114. The van der Waals surface area contributed by atoms with Gasteiger partial charge in [0.2, 0.25) is 5.91 Å². The maximum atomic E-state index is 13.0. The number of rotatable bonds is 5. The quantitative estimate of drug-likeness (QED) is 0.827. The molecule has 2 aromatic carbocycles. The highest BCUT2D eigenvalue weighted by molar-refractivity contribution is 6.33. The molecular weight excluding hydrogens is 364 g/mol. The number of anilines is 1. The monoisotopic (exact) mass is 386 g/mol. The molecule has 0 bridgehead atoms. The lowest BCUT2D eigenvalue weighted by Gasteiger charge is -2.38. The molecule has 1 saturated heterocycles. The summed E-state index contributed by atoms with van der Waals surface area (Å²) in [4.78, 5) is 28.3. The third kappa shape index (κ3) is 4.92. The SMILES string of the molecule is NC(=O)NC(Cc1ccccc1)C(=O)N1CCN(c2ccccc2Cl)CC1. The van der Waals surface area contributed by atoms with Gasteiger partial charge >= 0.3 is 6.03 Å². The van der Waals surface area contributed by atoms with Crippen LogP contribution >= 0.6 is 11.6 Å². The van der Waals surface area contributed by atoms with Crippen LogP contribution < -0.4 is 16.0 Å². The Morgan fingerprint density at radius 1 is 1.00 bits per heavy atom. The van der Waals surface area contributed by atoms with Crippen molar-refractivity contribution in [2.45, 2.75) is 12.5 Å². The molecule has 1 aliphatic rings. The number of amides is 3. The largest absolute Gasteiger partial charge is 0.367 e. The predicted octanol–water partition coefficient (Wildman–Crippen LogP) is 2.27. The van der Waals surface area contributed by atoms with Gasteiger partial charge in [0.1, 0.15) is 6.04 Å². The Bertz CT molecular complexity index is 792. The summed E-state index contributed by atoms with van der Waals surface area (Å²) >= 11 is 6.27. The Balaban J connectivity index is 1.65. The molecule has 3 N–H and O–H groups in total. The van der Waals surface area contributed by atoms with Gasteiger partial charge in [-0.2, -0.15) is 0 Å². The molecule has 0 aromatic heterocycles. The van der Waals surface area contributed by atoms with E-state index in [9.17, 15) is 9.59 Å². The number of hydrogen-bond acceptors (Lipinski definition) is 3. The Hall–Kier alpha value is -2.73. The number of urea groups is 1. The van der Waals surface area contributed by atoms with E-state index < -0.39 is 12.1 Å². The first kappa shape index (κ1) is 19.0. The summed E-state index contributed by atoms with van der Waals surface area (Å²) < 4.78 is 0. The van der Waals surface area contributed by atoms with Gasteiger partial charge in [0.15, 0.2) is 0 Å². The molecule has 0 spiro atoms. The Labute approximate surface area is 163 Å². The molecule has 6 nitrogen and oxygen atoms in total. The number of para-hydroxylation sites is 1. The molecule has 3 rings (SSSR count). The van der Waals surface area contributed by atoms with Gasteiger partial charge in [0.05, 0.1) is 10.7 Å². The number of hydrogen-bond donors (Lipinski definition) is 2. The minimum atomic E-state index is -0.695. The molecule has 1 fully saturated rings. The van der Waals surface area contributed by atoms with Gasteiger partial charge < -0.3 is 20.9 Å². The van der Waals surface area contributed by atoms with E-state index in [-0.39, 0.29) is 5.91 Å². The smallest absolute Gasteiger partial charge is 0.312 e. The Morgan fingerprint density at radius 2 is 1.63 bits per heavy atom. The molecule has 27 heavy (non-hydrogen) atoms. The molecule has 1 atom stereocenters. The number of nitrogens with two attached hydrogens (primary N) is 1. The molecule has 0 saturated carbocycles. The van der Waals surface area contributed by atoms with Crippen molar-refractivity contribution in [2.75, 3.05) is 31.1 Å². The average Bonchev–Trinajstić information content (AvgIpc) is 2.68. The highest BCUT2D eigenvalue weighted by atomic mass is 35.5. The van der Waals surface area contributed by atoms with E-state index >= 15 is 0 Å². The second-order valence-electron chi connectivity index (χ2n) is 6.51. The first-order valence-corrected chi connectivity index (χ1v) is 9.30. The molecule has 1 heterocycles. The number of nitrogens with one attached hydrogen (secondary N) is 1. The first-order valence-electron chi connectivity index (χ1n) is 8.93. The van der Waals surface area contributed by atoms with Gasteiger partial charge in [0, 0.05) is 32.6 Å². The zero-order chi connectivity index (χ0) is 19.2. The fourth-order valence-electron chi connectivity index (χ4n) is 3.32. The van der Waals surface area contributed by atoms with Crippen molar-refractivity contribution in [3.63, 3.8) is 0 Å². The summed E-state index contributed by atoms with van der Waals surface area (Å²) in [6, 6.07) is 15.9. The Kier molecular flexibility index (Phi) is 6.19. The second-order valence-corrected chi connectivity index (χ2v) is 6.92. The van der Waals surface area contributed by atoms with Crippen molar-refractivity contribution in [3.05, 3.63) is 65.2 Å². The standard InChI is InChI=1S/C20H23ClN4O2/c21-16-8-4-5-9-18(16)24-10-12-25(13-11-24)19(26)17(23-20(22)27)14-15-6-2-1-3-7-15/h1-9,17H,10-14H2,(H3,22,23,27). The van der Waals surface area contributed by atoms with Gasteiger partial charge in [-0.3, -0.25) is 4.79 Å². The van der Waals surface area contributed by atoms with E-state index in [0.29, 0.717) is 37.6 Å². The normalized spacial score (nSPS) is 15.3. The maximum absolute atomic E-state index is 13.0. The van der Waals surface area contributed by atoms with Crippen LogP contribution in [-0.4, -0.2) is 49.1 Å². The van der Waals surface area contributed by atoms with Crippen LogP contribution in [0.25, 0.3) is 0 Å². The summed E-state index contributed by atoms with van der Waals surface area (Å²) in [6.45, 7) is 2.50. The number of nitrogens with zero attached hydrogens (tertiary/aromatic N) is 2. The number of carbonyl (C=O) groups is 2. The lowest BCUT2D eigenvalue weighted by molar-refractivity contribution is -0.133. The minimum Gasteiger partial charge on any atom is -0.367 e. The number of primary amides is 1. The topological polar surface area (TPSA) is 78.7 Å². The lowest BCUT2D eigenvalue weighted by atomic mass is 10.0. The van der Waals surface area contributed by atoms with E-state index in [1.807, 2.05) is 54.6 Å². The number of halogens is 1. The average molecular weight is 387 g/mol. The molecule has 1 aliphatic heterocycles. The molecule has 7 heteroatoms. The van der Waals surface area contributed by atoms with Crippen molar-refractivity contribution >= 4 is 29.2 Å². The molecule has 142 valence electrons. The van der Waals surface area contributed by atoms with E-state index in [1.165, 1.54) is 0 Å². The second kappa shape index (κ2) is 8.77. The molecule has 2 aromatic rings. The van der Waals surface area contributed by atoms with E-state index in [1.54, 1.807) is 4.90 Å². The van der Waals surface area contributed by atoms with Crippen molar-refractivity contribution < 1.29 is 9.59 Å². The summed E-state index contributed by atoms with van der Waals surface area (Å²) in [5.41, 5.74) is 7.23. The van der Waals surface area contributed by atoms with Gasteiger partial charge in [0.25, 0.3) is 0 Å². The molecule has 3 amide bonds. The summed E-state index contributed by atoms with van der Waals surface area (Å²) in [6.07, 6.45) is 0.410. The fraction of sp³-hybridized carbons (Fsp3) is 0.300. The van der Waals surface area contributed by atoms with Crippen LogP contribution in [0.5, 0.6) is 0 Å². The first-order chi connectivity index (χ1) is 13.0. The highest BCUT2D eigenvalue weighted by Crippen LogP contribution is 2.26. The number of benzene rings is 2. The van der Waals surface area contributed by atoms with Crippen LogP contribution in [0.3, 0.4) is 0 Å². The van der Waals surface area contributed by atoms with Crippen molar-refractivity contribution in [1.82, 2.24) is 10.2 Å².